The molecule has 4 nitrogen and oxygen atoms in total. The Bertz CT molecular complexity index is 390. The summed E-state index contributed by atoms with van der Waals surface area (Å²) in [5.74, 6) is -0.0827. The van der Waals surface area contributed by atoms with Gasteiger partial charge < -0.3 is 10.5 Å². The molecule has 74 valence electrons. The molecule has 0 unspecified atom stereocenters. The van der Waals surface area contributed by atoms with Crippen LogP contribution in [0.25, 0.3) is 0 Å². The van der Waals surface area contributed by atoms with Crippen LogP contribution in [-0.4, -0.2) is 19.3 Å². The quantitative estimate of drug-likeness (QED) is 0.674. The summed E-state index contributed by atoms with van der Waals surface area (Å²) in [6, 6.07) is 3.13. The van der Waals surface area contributed by atoms with E-state index in [9.17, 15) is 9.59 Å². The standard InChI is InChI=1S/C9H8INO3/c1-14-6-2-5(4-12)8(9(11)13)7(10)3-6/h2-4H,1H3,(H2,11,13). The van der Waals surface area contributed by atoms with Gasteiger partial charge in [0.1, 0.15) is 5.75 Å². The minimum absolute atomic E-state index is 0.237. The Labute approximate surface area is 94.6 Å². The van der Waals surface area contributed by atoms with Crippen LogP contribution < -0.4 is 10.5 Å². The topological polar surface area (TPSA) is 69.4 Å². The maximum absolute atomic E-state index is 11.0. The van der Waals surface area contributed by atoms with Crippen LogP contribution in [0.5, 0.6) is 5.75 Å². The average molecular weight is 305 g/mol. The second kappa shape index (κ2) is 4.41. The van der Waals surface area contributed by atoms with E-state index in [0.717, 1.165) is 0 Å². The van der Waals surface area contributed by atoms with Crippen LogP contribution in [0.15, 0.2) is 12.1 Å². The Hall–Kier alpha value is -1.11. The van der Waals surface area contributed by atoms with Gasteiger partial charge >= 0.3 is 0 Å². The molecule has 0 saturated heterocycles. The first kappa shape index (κ1) is 11.0. The van der Waals surface area contributed by atoms with Crippen molar-refractivity contribution in [2.45, 2.75) is 0 Å². The molecule has 0 aromatic heterocycles. The van der Waals surface area contributed by atoms with Gasteiger partial charge in [0.25, 0.3) is 5.91 Å². The van der Waals surface area contributed by atoms with Crippen molar-refractivity contribution in [1.29, 1.82) is 0 Å². The molecule has 2 N–H and O–H groups in total. The summed E-state index contributed by atoms with van der Waals surface area (Å²) < 4.78 is 5.56. The van der Waals surface area contributed by atoms with Crippen molar-refractivity contribution in [1.82, 2.24) is 0 Å². The van der Waals surface area contributed by atoms with Crippen LogP contribution in [0.1, 0.15) is 20.7 Å². The fourth-order valence-electron chi connectivity index (χ4n) is 1.07. The number of primary amides is 1. The lowest BCUT2D eigenvalue weighted by molar-refractivity contribution is 0.0992. The van der Waals surface area contributed by atoms with Crippen molar-refractivity contribution in [3.63, 3.8) is 0 Å². The Morgan fingerprint density at radius 3 is 2.64 bits per heavy atom. The Morgan fingerprint density at radius 2 is 2.21 bits per heavy atom. The van der Waals surface area contributed by atoms with Crippen LogP contribution in [0.4, 0.5) is 0 Å². The number of hydrogen-bond donors (Lipinski definition) is 1. The Morgan fingerprint density at radius 1 is 1.57 bits per heavy atom. The normalized spacial score (nSPS) is 9.57. The summed E-state index contributed by atoms with van der Waals surface area (Å²) in [4.78, 5) is 21.7. The minimum Gasteiger partial charge on any atom is -0.497 e. The highest BCUT2D eigenvalue weighted by Crippen LogP contribution is 2.22. The first-order valence-electron chi connectivity index (χ1n) is 3.72. The maximum Gasteiger partial charge on any atom is 0.250 e. The number of carbonyl (C=O) groups is 2. The van der Waals surface area contributed by atoms with Gasteiger partial charge in [-0.3, -0.25) is 9.59 Å². The predicted molar refractivity (Wildman–Crippen MR) is 59.6 cm³/mol. The number of amides is 1. The number of methoxy groups -OCH3 is 1. The van der Waals surface area contributed by atoms with Crippen molar-refractivity contribution in [3.8, 4) is 5.75 Å². The first-order chi connectivity index (χ1) is 6.60. The van der Waals surface area contributed by atoms with E-state index in [4.69, 9.17) is 10.5 Å². The zero-order chi connectivity index (χ0) is 10.7. The number of ether oxygens (including phenoxy) is 1. The van der Waals surface area contributed by atoms with Gasteiger partial charge in [-0.05, 0) is 34.7 Å². The molecule has 0 spiro atoms. The number of aldehydes is 1. The molecule has 0 atom stereocenters. The number of rotatable bonds is 3. The van der Waals surface area contributed by atoms with Gasteiger partial charge in [-0.15, -0.1) is 0 Å². The molecular weight excluding hydrogens is 297 g/mol. The largest absolute Gasteiger partial charge is 0.497 e. The highest BCUT2D eigenvalue weighted by atomic mass is 127. The third kappa shape index (κ3) is 2.03. The fraction of sp³-hybridized carbons (Fsp3) is 0.111. The summed E-state index contributed by atoms with van der Waals surface area (Å²) in [5, 5.41) is 0. The Balaban J connectivity index is 3.42. The molecule has 0 radical (unpaired) electrons. The van der Waals surface area contributed by atoms with Gasteiger partial charge in [-0.1, -0.05) is 0 Å². The molecule has 0 aliphatic carbocycles. The lowest BCUT2D eigenvalue weighted by atomic mass is 10.1. The van der Waals surface area contributed by atoms with E-state index in [1.54, 1.807) is 6.07 Å². The molecular formula is C9H8INO3. The van der Waals surface area contributed by atoms with Gasteiger partial charge in [0.15, 0.2) is 6.29 Å². The van der Waals surface area contributed by atoms with E-state index in [0.29, 0.717) is 15.6 Å². The van der Waals surface area contributed by atoms with Crippen molar-refractivity contribution in [2.24, 2.45) is 5.73 Å². The highest BCUT2D eigenvalue weighted by molar-refractivity contribution is 14.1. The van der Waals surface area contributed by atoms with Gasteiger partial charge in [-0.25, -0.2) is 0 Å². The number of hydrogen-bond acceptors (Lipinski definition) is 3. The molecule has 0 heterocycles. The van der Waals surface area contributed by atoms with E-state index in [-0.39, 0.29) is 11.1 Å². The van der Waals surface area contributed by atoms with Crippen molar-refractivity contribution < 1.29 is 14.3 Å². The zero-order valence-electron chi connectivity index (χ0n) is 7.41. The second-order valence-electron chi connectivity index (χ2n) is 2.56. The van der Waals surface area contributed by atoms with E-state index in [2.05, 4.69) is 0 Å². The second-order valence-corrected chi connectivity index (χ2v) is 3.72. The van der Waals surface area contributed by atoms with E-state index in [1.807, 2.05) is 22.6 Å². The number of halogens is 1. The third-order valence-electron chi connectivity index (χ3n) is 1.70. The molecule has 0 aliphatic rings. The van der Waals surface area contributed by atoms with Gasteiger partial charge in [-0.2, -0.15) is 0 Å². The number of nitrogens with two attached hydrogens (primary N) is 1. The van der Waals surface area contributed by atoms with Gasteiger partial charge in [0.2, 0.25) is 0 Å². The molecule has 0 saturated carbocycles. The van der Waals surface area contributed by atoms with Crippen LogP contribution in [0.2, 0.25) is 0 Å². The molecule has 0 fully saturated rings. The average Bonchev–Trinajstić information content (AvgIpc) is 2.15. The molecule has 0 aliphatic heterocycles. The van der Waals surface area contributed by atoms with Crippen LogP contribution in [-0.2, 0) is 0 Å². The summed E-state index contributed by atoms with van der Waals surface area (Å²) in [7, 11) is 1.49. The highest BCUT2D eigenvalue weighted by Gasteiger charge is 2.13. The van der Waals surface area contributed by atoms with Gasteiger partial charge in [0.05, 0.1) is 12.7 Å². The van der Waals surface area contributed by atoms with Crippen LogP contribution >= 0.6 is 22.6 Å². The zero-order valence-corrected chi connectivity index (χ0v) is 9.57. The smallest absolute Gasteiger partial charge is 0.250 e. The monoisotopic (exact) mass is 305 g/mol. The molecule has 5 heteroatoms. The van der Waals surface area contributed by atoms with Crippen LogP contribution in [0.3, 0.4) is 0 Å². The molecule has 14 heavy (non-hydrogen) atoms. The first-order valence-corrected chi connectivity index (χ1v) is 4.80. The molecule has 1 aromatic carbocycles. The van der Waals surface area contributed by atoms with Gasteiger partial charge in [0, 0.05) is 9.13 Å². The minimum atomic E-state index is -0.612. The number of carbonyl (C=O) groups excluding carboxylic acids is 2. The molecule has 1 amide bonds. The lowest BCUT2D eigenvalue weighted by Crippen LogP contribution is -2.15. The summed E-state index contributed by atoms with van der Waals surface area (Å²) in [6.45, 7) is 0. The maximum atomic E-state index is 11.0. The molecule has 0 bridgehead atoms. The Kier molecular flexibility index (Phi) is 3.45. The van der Waals surface area contributed by atoms with E-state index >= 15 is 0 Å². The fourth-order valence-corrected chi connectivity index (χ4v) is 1.96. The van der Waals surface area contributed by atoms with Crippen molar-refractivity contribution in [2.75, 3.05) is 7.11 Å². The molecule has 1 aromatic rings. The molecule has 1 rings (SSSR count). The number of benzene rings is 1. The summed E-state index contributed by atoms with van der Waals surface area (Å²) >= 11 is 1.93. The van der Waals surface area contributed by atoms with E-state index in [1.165, 1.54) is 13.2 Å². The summed E-state index contributed by atoms with van der Waals surface area (Å²) in [5.41, 5.74) is 5.63. The third-order valence-corrected chi connectivity index (χ3v) is 2.55. The SMILES string of the molecule is COc1cc(I)c(C(N)=O)c(C=O)c1. The van der Waals surface area contributed by atoms with Crippen molar-refractivity contribution >= 4 is 34.8 Å². The predicted octanol–water partition coefficient (Wildman–Crippen LogP) is 1.21. The van der Waals surface area contributed by atoms with E-state index < -0.39 is 5.91 Å². The van der Waals surface area contributed by atoms with Crippen LogP contribution in [0, 0.1) is 3.57 Å². The van der Waals surface area contributed by atoms with Crippen molar-refractivity contribution in [3.05, 3.63) is 26.8 Å². The summed E-state index contributed by atoms with van der Waals surface area (Å²) in [6.07, 6.45) is 0.588. The lowest BCUT2D eigenvalue weighted by Gasteiger charge is -2.06.